The fourth-order valence-electron chi connectivity index (χ4n) is 2.83. The molecule has 0 aliphatic heterocycles. The summed E-state index contributed by atoms with van der Waals surface area (Å²) in [5.74, 6) is 0.0731. The van der Waals surface area contributed by atoms with Crippen LogP contribution < -0.4 is 5.32 Å². The first-order valence-corrected chi connectivity index (χ1v) is 7.60. The molecule has 0 bridgehead atoms. The van der Waals surface area contributed by atoms with Gasteiger partial charge in [-0.05, 0) is 37.5 Å². The van der Waals surface area contributed by atoms with Gasteiger partial charge in [-0.25, -0.2) is 0 Å². The molecule has 0 saturated carbocycles. The van der Waals surface area contributed by atoms with E-state index in [1.54, 1.807) is 17.1 Å². The van der Waals surface area contributed by atoms with Crippen LogP contribution in [0.25, 0.3) is 0 Å². The lowest BCUT2D eigenvalue weighted by Gasteiger charge is -2.23. The third kappa shape index (κ3) is 3.53. The molecule has 1 N–H and O–H groups in total. The van der Waals surface area contributed by atoms with Crippen LogP contribution in [0.4, 0.5) is 0 Å². The zero-order valence-corrected chi connectivity index (χ0v) is 13.9. The summed E-state index contributed by atoms with van der Waals surface area (Å²) >= 11 is 0. The van der Waals surface area contributed by atoms with Gasteiger partial charge in [0.15, 0.2) is 0 Å². The molecule has 0 spiro atoms. The van der Waals surface area contributed by atoms with Crippen molar-refractivity contribution in [2.24, 2.45) is 13.0 Å². The molecule has 0 aliphatic rings. The average molecular weight is 300 g/mol. The molecule has 0 radical (unpaired) electrons. The van der Waals surface area contributed by atoms with Crippen molar-refractivity contribution in [2.45, 2.75) is 39.7 Å². The lowest BCUT2D eigenvalue weighted by atomic mass is 9.88. The van der Waals surface area contributed by atoms with Crippen LogP contribution in [0.5, 0.6) is 0 Å². The third-order valence-electron chi connectivity index (χ3n) is 3.89. The zero-order chi connectivity index (χ0) is 16.3. The smallest absolute Gasteiger partial charge is 0.228 e. The molecular formula is C17H24N4O. The molecule has 0 aliphatic carbocycles. The van der Waals surface area contributed by atoms with Crippen LogP contribution in [0.2, 0.25) is 0 Å². The summed E-state index contributed by atoms with van der Waals surface area (Å²) in [6.07, 6.45) is 5.41. The lowest BCUT2D eigenvalue weighted by molar-refractivity contribution is -0.124. The van der Waals surface area contributed by atoms with Crippen molar-refractivity contribution in [3.63, 3.8) is 0 Å². The minimum absolute atomic E-state index is 0.0388. The highest BCUT2D eigenvalue weighted by molar-refractivity contribution is 5.84. The maximum atomic E-state index is 12.7. The Kier molecular flexibility index (Phi) is 4.96. The van der Waals surface area contributed by atoms with E-state index in [1.165, 1.54) is 0 Å². The number of hydrogen-bond acceptors (Lipinski definition) is 3. The molecular weight excluding hydrogens is 276 g/mol. The summed E-state index contributed by atoms with van der Waals surface area (Å²) < 4.78 is 1.77. The maximum absolute atomic E-state index is 12.7. The normalized spacial score (nSPS) is 13.9. The molecule has 0 aromatic carbocycles. The number of nitrogens with zero attached hydrogens (tertiary/aromatic N) is 3. The fraction of sp³-hybridized carbons (Fsp3) is 0.471. The van der Waals surface area contributed by atoms with E-state index in [1.807, 2.05) is 39.2 Å². The number of carbonyl (C=O) groups is 1. The molecule has 5 heteroatoms. The first-order valence-electron chi connectivity index (χ1n) is 7.60. The topological polar surface area (TPSA) is 59.8 Å². The second kappa shape index (κ2) is 6.73. The molecule has 2 aromatic rings. The second-order valence-electron chi connectivity index (χ2n) is 6.08. The summed E-state index contributed by atoms with van der Waals surface area (Å²) in [4.78, 5) is 16.8. The van der Waals surface area contributed by atoms with Crippen LogP contribution in [0.3, 0.4) is 0 Å². The number of rotatable bonds is 5. The number of aryl methyl sites for hydroxylation is 2. The first kappa shape index (κ1) is 16.2. The predicted octanol–water partition coefficient (Wildman–Crippen LogP) is 2.74. The molecule has 22 heavy (non-hydrogen) atoms. The molecule has 5 nitrogen and oxygen atoms in total. The maximum Gasteiger partial charge on any atom is 0.228 e. The Balaban J connectivity index is 2.17. The van der Waals surface area contributed by atoms with Crippen molar-refractivity contribution < 1.29 is 4.79 Å². The number of hydrogen-bond donors (Lipinski definition) is 1. The minimum Gasteiger partial charge on any atom is -0.349 e. The van der Waals surface area contributed by atoms with E-state index in [0.717, 1.165) is 16.8 Å². The summed E-state index contributed by atoms with van der Waals surface area (Å²) in [6, 6.07) is 3.75. The van der Waals surface area contributed by atoms with Crippen LogP contribution in [-0.4, -0.2) is 20.7 Å². The second-order valence-corrected chi connectivity index (χ2v) is 6.08. The number of carbonyl (C=O) groups excluding carboxylic acids is 1. The number of nitrogens with one attached hydrogen (secondary N) is 1. The van der Waals surface area contributed by atoms with E-state index in [4.69, 9.17) is 0 Å². The Morgan fingerprint density at radius 3 is 2.36 bits per heavy atom. The molecule has 118 valence electrons. The van der Waals surface area contributed by atoms with E-state index in [9.17, 15) is 4.79 Å². The molecule has 2 unspecified atom stereocenters. The predicted molar refractivity (Wildman–Crippen MR) is 86.3 cm³/mol. The summed E-state index contributed by atoms with van der Waals surface area (Å²) in [5.41, 5.74) is 2.99. The highest BCUT2D eigenvalue weighted by Crippen LogP contribution is 2.26. The molecule has 2 heterocycles. The van der Waals surface area contributed by atoms with E-state index in [2.05, 4.69) is 29.2 Å². The number of aromatic nitrogens is 3. The summed E-state index contributed by atoms with van der Waals surface area (Å²) in [6.45, 7) is 8.07. The molecule has 0 fully saturated rings. The van der Waals surface area contributed by atoms with Gasteiger partial charge in [-0.15, -0.1) is 0 Å². The van der Waals surface area contributed by atoms with E-state index >= 15 is 0 Å². The Morgan fingerprint density at radius 1 is 1.23 bits per heavy atom. The van der Waals surface area contributed by atoms with Gasteiger partial charge in [0.25, 0.3) is 0 Å². The summed E-state index contributed by atoms with van der Waals surface area (Å²) in [5, 5.41) is 7.45. The lowest BCUT2D eigenvalue weighted by Crippen LogP contribution is -2.34. The van der Waals surface area contributed by atoms with Crippen molar-refractivity contribution in [1.82, 2.24) is 20.1 Å². The number of pyridine rings is 1. The Morgan fingerprint density at radius 2 is 1.86 bits per heavy atom. The average Bonchev–Trinajstić information content (AvgIpc) is 2.78. The van der Waals surface area contributed by atoms with Crippen LogP contribution in [0, 0.1) is 12.8 Å². The Labute approximate surface area is 131 Å². The van der Waals surface area contributed by atoms with Crippen LogP contribution in [0.15, 0.2) is 30.7 Å². The van der Waals surface area contributed by atoms with Crippen LogP contribution in [-0.2, 0) is 11.8 Å². The first-order chi connectivity index (χ1) is 10.4. The fourth-order valence-corrected chi connectivity index (χ4v) is 2.83. The molecule has 2 atom stereocenters. The zero-order valence-electron chi connectivity index (χ0n) is 13.9. The van der Waals surface area contributed by atoms with Crippen molar-refractivity contribution >= 4 is 5.91 Å². The van der Waals surface area contributed by atoms with E-state index < -0.39 is 0 Å². The van der Waals surface area contributed by atoms with Crippen molar-refractivity contribution in [2.75, 3.05) is 0 Å². The van der Waals surface area contributed by atoms with Gasteiger partial charge in [-0.2, -0.15) is 5.10 Å². The SMILES string of the molecule is Cc1nn(C)cc1C(C)NC(=O)C(c1ccncc1)C(C)C. The Hall–Kier alpha value is -2.17. The largest absolute Gasteiger partial charge is 0.349 e. The van der Waals surface area contributed by atoms with Gasteiger partial charge < -0.3 is 5.32 Å². The van der Waals surface area contributed by atoms with Gasteiger partial charge in [0.2, 0.25) is 5.91 Å². The van der Waals surface area contributed by atoms with Gasteiger partial charge >= 0.3 is 0 Å². The minimum atomic E-state index is -0.178. The highest BCUT2D eigenvalue weighted by atomic mass is 16.2. The van der Waals surface area contributed by atoms with Gasteiger partial charge in [-0.3, -0.25) is 14.5 Å². The molecule has 2 aromatic heterocycles. The van der Waals surface area contributed by atoms with Crippen molar-refractivity contribution in [1.29, 1.82) is 0 Å². The van der Waals surface area contributed by atoms with Crippen molar-refractivity contribution in [3.05, 3.63) is 47.5 Å². The van der Waals surface area contributed by atoms with Gasteiger partial charge in [0.05, 0.1) is 17.7 Å². The van der Waals surface area contributed by atoms with Gasteiger partial charge in [0, 0.05) is 31.2 Å². The van der Waals surface area contributed by atoms with E-state index in [0.29, 0.717) is 0 Å². The van der Waals surface area contributed by atoms with Crippen LogP contribution in [0.1, 0.15) is 49.6 Å². The molecule has 0 saturated heterocycles. The Bertz CT molecular complexity index is 633. The summed E-state index contributed by atoms with van der Waals surface area (Å²) in [7, 11) is 1.89. The van der Waals surface area contributed by atoms with Crippen molar-refractivity contribution in [3.8, 4) is 0 Å². The highest BCUT2D eigenvalue weighted by Gasteiger charge is 2.26. The van der Waals surface area contributed by atoms with Gasteiger partial charge in [0.1, 0.15) is 0 Å². The van der Waals surface area contributed by atoms with E-state index in [-0.39, 0.29) is 23.8 Å². The number of amides is 1. The van der Waals surface area contributed by atoms with Crippen LogP contribution >= 0.6 is 0 Å². The third-order valence-corrected chi connectivity index (χ3v) is 3.89. The molecule has 1 amide bonds. The monoisotopic (exact) mass is 300 g/mol. The standard InChI is InChI=1S/C17H24N4O/c1-11(2)16(14-6-8-18-9-7-14)17(22)19-12(3)15-10-21(5)20-13(15)4/h6-12,16H,1-5H3,(H,19,22). The molecule has 2 rings (SSSR count). The quantitative estimate of drug-likeness (QED) is 0.923. The van der Waals surface area contributed by atoms with Gasteiger partial charge in [-0.1, -0.05) is 13.8 Å².